The number of hydrogen-bond acceptors (Lipinski definition) is 3. The second-order valence-electron chi connectivity index (χ2n) is 4.84. The van der Waals surface area contributed by atoms with Gasteiger partial charge in [-0.05, 0) is 37.0 Å². The first-order chi connectivity index (χ1) is 8.61. The molecule has 1 atom stereocenters. The Bertz CT molecular complexity index is 462. The van der Waals surface area contributed by atoms with Crippen LogP contribution in [0.2, 0.25) is 5.02 Å². The summed E-state index contributed by atoms with van der Waals surface area (Å²) >= 11 is 5.97. The van der Waals surface area contributed by atoms with Gasteiger partial charge in [0.1, 0.15) is 0 Å². The minimum Gasteiger partial charge on any atom is -0.409 e. The highest BCUT2D eigenvalue weighted by molar-refractivity contribution is 6.31. The van der Waals surface area contributed by atoms with E-state index in [0.717, 1.165) is 18.8 Å². The van der Waals surface area contributed by atoms with Gasteiger partial charge in [-0.2, -0.15) is 0 Å². The molecule has 1 aromatic rings. The molecular weight excluding hydrogens is 250 g/mol. The summed E-state index contributed by atoms with van der Waals surface area (Å²) in [5, 5.41) is 12.5. The zero-order valence-corrected chi connectivity index (χ0v) is 11.2. The molecule has 0 bridgehead atoms. The van der Waals surface area contributed by atoms with Gasteiger partial charge in [-0.25, -0.2) is 0 Å². The van der Waals surface area contributed by atoms with Gasteiger partial charge >= 0.3 is 0 Å². The first-order valence-electron chi connectivity index (χ1n) is 6.14. The number of halogens is 1. The molecule has 0 saturated carbocycles. The molecular formula is C13H18ClN3O. The van der Waals surface area contributed by atoms with Crippen LogP contribution in [0.25, 0.3) is 0 Å². The van der Waals surface area contributed by atoms with E-state index in [4.69, 9.17) is 22.5 Å². The lowest BCUT2D eigenvalue weighted by molar-refractivity contribution is 0.318. The average molecular weight is 268 g/mol. The molecule has 18 heavy (non-hydrogen) atoms. The van der Waals surface area contributed by atoms with Crippen LogP contribution in [0.15, 0.2) is 23.4 Å². The highest BCUT2D eigenvalue weighted by Gasteiger charge is 2.20. The third kappa shape index (κ3) is 2.70. The van der Waals surface area contributed by atoms with Crippen molar-refractivity contribution in [3.8, 4) is 0 Å². The lowest BCUT2D eigenvalue weighted by atomic mass is 9.98. The van der Waals surface area contributed by atoms with Crippen LogP contribution >= 0.6 is 11.6 Å². The van der Waals surface area contributed by atoms with Crippen molar-refractivity contribution in [3.05, 3.63) is 28.8 Å². The Morgan fingerprint density at radius 2 is 2.33 bits per heavy atom. The van der Waals surface area contributed by atoms with Gasteiger partial charge in [0.2, 0.25) is 0 Å². The SMILES string of the molecule is CC1CCCN(c2ccc(Cl)cc2C(N)=NO)C1. The maximum Gasteiger partial charge on any atom is 0.172 e. The van der Waals surface area contributed by atoms with E-state index < -0.39 is 0 Å². The molecule has 1 heterocycles. The van der Waals surface area contributed by atoms with E-state index >= 15 is 0 Å². The fourth-order valence-electron chi connectivity index (χ4n) is 2.45. The fraction of sp³-hybridized carbons (Fsp3) is 0.462. The third-order valence-electron chi connectivity index (χ3n) is 3.34. The normalized spacial score (nSPS) is 21.1. The molecule has 1 fully saturated rings. The van der Waals surface area contributed by atoms with Gasteiger partial charge in [-0.15, -0.1) is 0 Å². The lowest BCUT2D eigenvalue weighted by Crippen LogP contribution is -2.35. The van der Waals surface area contributed by atoms with E-state index in [1.165, 1.54) is 12.8 Å². The average Bonchev–Trinajstić information content (AvgIpc) is 2.37. The Balaban J connectivity index is 2.37. The van der Waals surface area contributed by atoms with Crippen LogP contribution in [0, 0.1) is 5.92 Å². The van der Waals surface area contributed by atoms with Crippen LogP contribution in [0.4, 0.5) is 5.69 Å². The van der Waals surface area contributed by atoms with E-state index in [-0.39, 0.29) is 5.84 Å². The van der Waals surface area contributed by atoms with E-state index in [1.54, 1.807) is 6.07 Å². The van der Waals surface area contributed by atoms with Crippen molar-refractivity contribution in [1.29, 1.82) is 0 Å². The van der Waals surface area contributed by atoms with Crippen LogP contribution in [-0.2, 0) is 0 Å². The summed E-state index contributed by atoms with van der Waals surface area (Å²) in [4.78, 5) is 2.28. The van der Waals surface area contributed by atoms with Crippen LogP contribution in [0.5, 0.6) is 0 Å². The molecule has 1 aliphatic rings. The summed E-state index contributed by atoms with van der Waals surface area (Å²) < 4.78 is 0. The number of nitrogens with zero attached hydrogens (tertiary/aromatic N) is 2. The molecule has 4 nitrogen and oxygen atoms in total. The number of rotatable bonds is 2. The first kappa shape index (κ1) is 13.0. The summed E-state index contributed by atoms with van der Waals surface area (Å²) in [5.74, 6) is 0.764. The standard InChI is InChI=1S/C13H18ClN3O/c1-9-3-2-6-17(8-9)12-5-4-10(14)7-11(12)13(15)16-18/h4-5,7,9,18H,2-3,6,8H2,1H3,(H2,15,16). The molecule has 0 radical (unpaired) electrons. The van der Waals surface area contributed by atoms with Crippen molar-refractivity contribution in [2.24, 2.45) is 16.8 Å². The molecule has 2 rings (SSSR count). The smallest absolute Gasteiger partial charge is 0.172 e. The van der Waals surface area contributed by atoms with Crippen molar-refractivity contribution in [2.75, 3.05) is 18.0 Å². The monoisotopic (exact) mass is 267 g/mol. The molecule has 1 saturated heterocycles. The summed E-state index contributed by atoms with van der Waals surface area (Å²) in [6.07, 6.45) is 2.42. The van der Waals surface area contributed by atoms with E-state index in [2.05, 4.69) is 17.0 Å². The molecule has 0 aliphatic carbocycles. The number of amidine groups is 1. The molecule has 98 valence electrons. The molecule has 0 amide bonds. The van der Waals surface area contributed by atoms with Crippen LogP contribution in [-0.4, -0.2) is 24.1 Å². The van der Waals surface area contributed by atoms with Gasteiger partial charge in [-0.1, -0.05) is 23.7 Å². The Kier molecular flexibility index (Phi) is 3.97. The number of hydrogen-bond donors (Lipinski definition) is 2. The van der Waals surface area contributed by atoms with Gasteiger partial charge in [-0.3, -0.25) is 0 Å². The predicted octanol–water partition coefficient (Wildman–Crippen LogP) is 2.67. The van der Waals surface area contributed by atoms with Gasteiger partial charge in [0.05, 0.1) is 0 Å². The van der Waals surface area contributed by atoms with Gasteiger partial charge < -0.3 is 15.8 Å². The van der Waals surface area contributed by atoms with Crippen molar-refractivity contribution in [1.82, 2.24) is 0 Å². The van der Waals surface area contributed by atoms with E-state index in [0.29, 0.717) is 16.5 Å². The highest BCUT2D eigenvalue weighted by atomic mass is 35.5. The maximum absolute atomic E-state index is 8.86. The minimum absolute atomic E-state index is 0.103. The molecule has 1 aromatic carbocycles. The number of nitrogens with two attached hydrogens (primary N) is 1. The Labute approximate surface area is 112 Å². The lowest BCUT2D eigenvalue weighted by Gasteiger charge is -2.34. The number of piperidine rings is 1. The van der Waals surface area contributed by atoms with Crippen LogP contribution < -0.4 is 10.6 Å². The van der Waals surface area contributed by atoms with Crippen molar-refractivity contribution >= 4 is 23.1 Å². The van der Waals surface area contributed by atoms with Crippen molar-refractivity contribution < 1.29 is 5.21 Å². The predicted molar refractivity (Wildman–Crippen MR) is 74.6 cm³/mol. The van der Waals surface area contributed by atoms with Gasteiger partial charge in [0.25, 0.3) is 0 Å². The second kappa shape index (κ2) is 5.48. The molecule has 5 heteroatoms. The summed E-state index contributed by atoms with van der Waals surface area (Å²) in [5.41, 5.74) is 7.40. The zero-order valence-electron chi connectivity index (χ0n) is 10.4. The number of anilines is 1. The van der Waals surface area contributed by atoms with Gasteiger partial charge in [0, 0.05) is 29.4 Å². The second-order valence-corrected chi connectivity index (χ2v) is 5.28. The quantitative estimate of drug-likeness (QED) is 0.375. The van der Waals surface area contributed by atoms with Crippen LogP contribution in [0.1, 0.15) is 25.3 Å². The number of benzene rings is 1. The van der Waals surface area contributed by atoms with E-state index in [9.17, 15) is 0 Å². The maximum atomic E-state index is 8.86. The number of oxime groups is 1. The minimum atomic E-state index is 0.103. The molecule has 0 aromatic heterocycles. The van der Waals surface area contributed by atoms with E-state index in [1.807, 2.05) is 12.1 Å². The summed E-state index contributed by atoms with van der Waals surface area (Å²) in [6, 6.07) is 5.52. The van der Waals surface area contributed by atoms with Crippen molar-refractivity contribution in [3.63, 3.8) is 0 Å². The zero-order chi connectivity index (χ0) is 13.1. The Hall–Kier alpha value is -1.42. The van der Waals surface area contributed by atoms with Crippen molar-refractivity contribution in [2.45, 2.75) is 19.8 Å². The first-order valence-corrected chi connectivity index (χ1v) is 6.52. The molecule has 1 unspecified atom stereocenters. The van der Waals surface area contributed by atoms with Crippen LogP contribution in [0.3, 0.4) is 0 Å². The summed E-state index contributed by atoms with van der Waals surface area (Å²) in [7, 11) is 0. The summed E-state index contributed by atoms with van der Waals surface area (Å²) in [6.45, 7) is 4.23. The van der Waals surface area contributed by atoms with Gasteiger partial charge in [0.15, 0.2) is 5.84 Å². The Morgan fingerprint density at radius 3 is 3.00 bits per heavy atom. The third-order valence-corrected chi connectivity index (χ3v) is 3.58. The molecule has 1 aliphatic heterocycles. The Morgan fingerprint density at radius 1 is 1.56 bits per heavy atom. The molecule has 0 spiro atoms. The topological polar surface area (TPSA) is 61.8 Å². The molecule has 3 N–H and O–H groups in total. The largest absolute Gasteiger partial charge is 0.409 e. The fourth-order valence-corrected chi connectivity index (χ4v) is 2.62. The highest BCUT2D eigenvalue weighted by Crippen LogP contribution is 2.28.